The van der Waals surface area contributed by atoms with E-state index in [1.165, 1.54) is 0 Å². The predicted octanol–water partition coefficient (Wildman–Crippen LogP) is 3.43. The van der Waals surface area contributed by atoms with Crippen molar-refractivity contribution >= 4 is 41.5 Å². The van der Waals surface area contributed by atoms with Gasteiger partial charge in [0.15, 0.2) is 6.61 Å². The lowest BCUT2D eigenvalue weighted by atomic mass is 9.93. The molecule has 1 aromatic rings. The molecule has 0 aliphatic heterocycles. The van der Waals surface area contributed by atoms with Crippen molar-refractivity contribution in [2.45, 2.75) is 32.2 Å². The molecule has 0 saturated heterocycles. The molecule has 0 heterocycles. The molecule has 0 aliphatic carbocycles. The van der Waals surface area contributed by atoms with Crippen LogP contribution in [0.5, 0.6) is 5.75 Å². The minimum atomic E-state index is -0.371. The summed E-state index contributed by atoms with van der Waals surface area (Å²) in [4.78, 5) is 11.9. The number of nitrogens with two attached hydrogens (primary N) is 1. The molecule has 1 rings (SSSR count). The number of benzene rings is 1. The standard InChI is InChI=1S/C14H20Cl2N2O2.ClH/c1-3-14(4-2,9-17)18-13(19)8-20-12-6-5-10(15)7-11(12)16;/h5-7H,3-4,8-9,17H2,1-2H3,(H,18,19);1H. The van der Waals surface area contributed by atoms with Crippen LogP contribution >= 0.6 is 35.6 Å². The SMILES string of the molecule is CCC(CC)(CN)NC(=O)COc1ccc(Cl)cc1Cl.Cl. The van der Waals surface area contributed by atoms with E-state index in [4.69, 9.17) is 33.7 Å². The summed E-state index contributed by atoms with van der Waals surface area (Å²) in [5, 5.41) is 3.82. The fraction of sp³-hybridized carbons (Fsp3) is 0.500. The van der Waals surface area contributed by atoms with Crippen molar-refractivity contribution < 1.29 is 9.53 Å². The van der Waals surface area contributed by atoms with Gasteiger partial charge in [-0.1, -0.05) is 37.0 Å². The lowest BCUT2D eigenvalue weighted by molar-refractivity contribution is -0.125. The van der Waals surface area contributed by atoms with Gasteiger partial charge in [-0.15, -0.1) is 12.4 Å². The van der Waals surface area contributed by atoms with E-state index < -0.39 is 0 Å². The molecule has 7 heteroatoms. The van der Waals surface area contributed by atoms with Crippen LogP contribution in [0.1, 0.15) is 26.7 Å². The molecule has 120 valence electrons. The summed E-state index contributed by atoms with van der Waals surface area (Å²) in [5.41, 5.74) is 5.36. The molecule has 0 aliphatic rings. The maximum atomic E-state index is 11.9. The molecule has 0 saturated carbocycles. The molecule has 0 unspecified atom stereocenters. The maximum absolute atomic E-state index is 11.9. The molecular formula is C14H21Cl3N2O2. The van der Waals surface area contributed by atoms with Crippen molar-refractivity contribution in [1.29, 1.82) is 0 Å². The first kappa shape index (κ1) is 20.3. The lowest BCUT2D eigenvalue weighted by Crippen LogP contribution is -2.54. The molecule has 0 atom stereocenters. The van der Waals surface area contributed by atoms with Crippen molar-refractivity contribution in [3.8, 4) is 5.75 Å². The van der Waals surface area contributed by atoms with Gasteiger partial charge < -0.3 is 15.8 Å². The van der Waals surface area contributed by atoms with Gasteiger partial charge in [0.25, 0.3) is 5.91 Å². The molecule has 0 bridgehead atoms. The quantitative estimate of drug-likeness (QED) is 0.787. The number of amides is 1. The molecule has 1 amide bonds. The largest absolute Gasteiger partial charge is 0.482 e. The summed E-state index contributed by atoms with van der Waals surface area (Å²) in [6.07, 6.45) is 1.54. The molecular weight excluding hydrogens is 335 g/mol. The highest BCUT2D eigenvalue weighted by Crippen LogP contribution is 2.27. The van der Waals surface area contributed by atoms with Crippen molar-refractivity contribution in [2.24, 2.45) is 5.73 Å². The van der Waals surface area contributed by atoms with E-state index in [0.29, 0.717) is 22.3 Å². The van der Waals surface area contributed by atoms with Gasteiger partial charge in [-0.25, -0.2) is 0 Å². The van der Waals surface area contributed by atoms with Gasteiger partial charge in [-0.3, -0.25) is 4.79 Å². The van der Waals surface area contributed by atoms with Gasteiger partial charge in [-0.05, 0) is 31.0 Å². The van der Waals surface area contributed by atoms with Crippen LogP contribution in [0.4, 0.5) is 0 Å². The van der Waals surface area contributed by atoms with E-state index >= 15 is 0 Å². The number of nitrogens with one attached hydrogen (secondary N) is 1. The molecule has 0 fully saturated rings. The molecule has 0 aromatic heterocycles. The normalized spacial score (nSPS) is 10.7. The van der Waals surface area contributed by atoms with Crippen LogP contribution in [0.15, 0.2) is 18.2 Å². The van der Waals surface area contributed by atoms with Crippen LogP contribution in [-0.2, 0) is 4.79 Å². The number of rotatable bonds is 7. The van der Waals surface area contributed by atoms with Gasteiger partial charge in [0.2, 0.25) is 0 Å². The Labute approximate surface area is 141 Å². The van der Waals surface area contributed by atoms with Crippen LogP contribution in [0.25, 0.3) is 0 Å². The zero-order valence-electron chi connectivity index (χ0n) is 12.1. The molecule has 0 radical (unpaired) electrons. The smallest absolute Gasteiger partial charge is 0.258 e. The Hall–Kier alpha value is -0.680. The second-order valence-electron chi connectivity index (χ2n) is 4.60. The highest BCUT2D eigenvalue weighted by Gasteiger charge is 2.26. The summed E-state index contributed by atoms with van der Waals surface area (Å²) in [6, 6.07) is 4.86. The molecule has 21 heavy (non-hydrogen) atoms. The van der Waals surface area contributed by atoms with E-state index in [1.807, 2.05) is 13.8 Å². The summed E-state index contributed by atoms with van der Waals surface area (Å²) in [5.74, 6) is 0.211. The summed E-state index contributed by atoms with van der Waals surface area (Å²) >= 11 is 11.8. The second-order valence-corrected chi connectivity index (χ2v) is 5.45. The first-order valence-corrected chi connectivity index (χ1v) is 7.31. The van der Waals surface area contributed by atoms with E-state index in [-0.39, 0.29) is 30.5 Å². The van der Waals surface area contributed by atoms with Gasteiger partial charge in [0.1, 0.15) is 5.75 Å². The molecule has 3 N–H and O–H groups in total. The van der Waals surface area contributed by atoms with E-state index in [9.17, 15) is 4.79 Å². The minimum Gasteiger partial charge on any atom is -0.482 e. The van der Waals surface area contributed by atoms with Crippen molar-refractivity contribution in [2.75, 3.05) is 13.2 Å². The zero-order valence-corrected chi connectivity index (χ0v) is 14.4. The average molecular weight is 356 g/mol. The summed E-state index contributed by atoms with van der Waals surface area (Å²) in [6.45, 7) is 4.28. The van der Waals surface area contributed by atoms with Gasteiger partial charge >= 0.3 is 0 Å². The van der Waals surface area contributed by atoms with E-state index in [0.717, 1.165) is 12.8 Å². The Kier molecular flexibility index (Phi) is 9.06. The Morgan fingerprint density at radius 2 is 1.95 bits per heavy atom. The molecule has 1 aromatic carbocycles. The Morgan fingerprint density at radius 1 is 1.33 bits per heavy atom. The third-order valence-electron chi connectivity index (χ3n) is 3.40. The van der Waals surface area contributed by atoms with Crippen LogP contribution in [0.3, 0.4) is 0 Å². The third kappa shape index (κ3) is 5.91. The fourth-order valence-electron chi connectivity index (χ4n) is 1.83. The number of carbonyl (C=O) groups excluding carboxylic acids is 1. The fourth-order valence-corrected chi connectivity index (χ4v) is 2.30. The lowest BCUT2D eigenvalue weighted by Gasteiger charge is -2.31. The Morgan fingerprint density at radius 3 is 2.43 bits per heavy atom. The zero-order chi connectivity index (χ0) is 15.2. The van der Waals surface area contributed by atoms with Crippen molar-refractivity contribution in [3.63, 3.8) is 0 Å². The topological polar surface area (TPSA) is 64.3 Å². The highest BCUT2D eigenvalue weighted by molar-refractivity contribution is 6.35. The summed E-state index contributed by atoms with van der Waals surface area (Å²) in [7, 11) is 0. The van der Waals surface area contributed by atoms with E-state index in [1.54, 1.807) is 18.2 Å². The van der Waals surface area contributed by atoms with Gasteiger partial charge in [0.05, 0.1) is 10.6 Å². The first-order valence-electron chi connectivity index (χ1n) is 6.55. The van der Waals surface area contributed by atoms with Crippen molar-refractivity contribution in [1.82, 2.24) is 5.32 Å². The van der Waals surface area contributed by atoms with Gasteiger partial charge in [-0.2, -0.15) is 0 Å². The monoisotopic (exact) mass is 354 g/mol. The number of ether oxygens (including phenoxy) is 1. The minimum absolute atomic E-state index is 0. The summed E-state index contributed by atoms with van der Waals surface area (Å²) < 4.78 is 5.39. The predicted molar refractivity (Wildman–Crippen MR) is 89.7 cm³/mol. The second kappa shape index (κ2) is 9.36. The number of carbonyl (C=O) groups is 1. The van der Waals surface area contributed by atoms with Crippen LogP contribution in [-0.4, -0.2) is 24.6 Å². The van der Waals surface area contributed by atoms with Gasteiger partial charge in [0, 0.05) is 11.6 Å². The Balaban J connectivity index is 0.00000400. The molecule has 0 spiro atoms. The van der Waals surface area contributed by atoms with Crippen LogP contribution in [0, 0.1) is 0 Å². The number of hydrogen-bond donors (Lipinski definition) is 2. The Bertz CT molecular complexity index is 457. The third-order valence-corrected chi connectivity index (χ3v) is 3.93. The number of halogens is 3. The van der Waals surface area contributed by atoms with E-state index in [2.05, 4.69) is 5.32 Å². The first-order chi connectivity index (χ1) is 9.46. The average Bonchev–Trinajstić information content (AvgIpc) is 2.44. The maximum Gasteiger partial charge on any atom is 0.258 e. The van der Waals surface area contributed by atoms with Crippen LogP contribution < -0.4 is 15.8 Å². The number of hydrogen-bond acceptors (Lipinski definition) is 3. The molecule has 4 nitrogen and oxygen atoms in total. The van der Waals surface area contributed by atoms with Crippen molar-refractivity contribution in [3.05, 3.63) is 28.2 Å². The highest BCUT2D eigenvalue weighted by atomic mass is 35.5. The van der Waals surface area contributed by atoms with Crippen LogP contribution in [0.2, 0.25) is 10.0 Å².